The first kappa shape index (κ1) is 15.3. The Morgan fingerprint density at radius 1 is 1.29 bits per heavy atom. The van der Waals surface area contributed by atoms with E-state index in [4.69, 9.17) is 9.15 Å². The van der Waals surface area contributed by atoms with Crippen LogP contribution in [-0.2, 0) is 6.54 Å². The molecule has 0 aliphatic heterocycles. The van der Waals surface area contributed by atoms with Crippen LogP contribution in [0.4, 0.5) is 11.7 Å². The fourth-order valence-corrected chi connectivity index (χ4v) is 1.92. The zero-order chi connectivity index (χ0) is 15.2. The monoisotopic (exact) mass is 290 g/mol. The molecular formula is C15H22N4O2. The topological polar surface area (TPSA) is 72.2 Å². The molecule has 1 aromatic heterocycles. The van der Waals surface area contributed by atoms with Gasteiger partial charge in [0, 0.05) is 5.69 Å². The molecule has 21 heavy (non-hydrogen) atoms. The summed E-state index contributed by atoms with van der Waals surface area (Å²) in [6.07, 6.45) is 0. The Balaban J connectivity index is 1.94. The van der Waals surface area contributed by atoms with E-state index in [1.807, 2.05) is 25.1 Å². The minimum absolute atomic E-state index is 0.390. The quantitative estimate of drug-likeness (QED) is 0.817. The molecule has 114 valence electrons. The summed E-state index contributed by atoms with van der Waals surface area (Å²) in [6.45, 7) is 7.79. The maximum atomic E-state index is 5.54. The van der Waals surface area contributed by atoms with Crippen LogP contribution in [0.2, 0.25) is 0 Å². The SMILES string of the molecule is COc1ccc(Nc2nnc(CNCC(C)C)o2)cc1C. The molecule has 0 atom stereocenters. The minimum atomic E-state index is 0.390. The van der Waals surface area contributed by atoms with Gasteiger partial charge in [-0.2, -0.15) is 0 Å². The molecule has 0 radical (unpaired) electrons. The number of nitrogens with zero attached hydrogens (tertiary/aromatic N) is 2. The molecule has 0 spiro atoms. The Hall–Kier alpha value is -2.08. The van der Waals surface area contributed by atoms with Gasteiger partial charge in [0.25, 0.3) is 0 Å². The average molecular weight is 290 g/mol. The molecule has 0 unspecified atom stereocenters. The van der Waals surface area contributed by atoms with Gasteiger partial charge in [-0.15, -0.1) is 5.10 Å². The zero-order valence-electron chi connectivity index (χ0n) is 12.9. The van der Waals surface area contributed by atoms with Crippen molar-refractivity contribution in [3.8, 4) is 5.75 Å². The van der Waals surface area contributed by atoms with E-state index in [0.717, 1.165) is 23.5 Å². The van der Waals surface area contributed by atoms with Crippen molar-refractivity contribution < 1.29 is 9.15 Å². The molecule has 0 amide bonds. The molecule has 0 fully saturated rings. The zero-order valence-corrected chi connectivity index (χ0v) is 12.9. The van der Waals surface area contributed by atoms with Crippen molar-refractivity contribution in [1.29, 1.82) is 0 Å². The van der Waals surface area contributed by atoms with Gasteiger partial charge in [-0.25, -0.2) is 0 Å². The lowest BCUT2D eigenvalue weighted by Gasteiger charge is -2.07. The van der Waals surface area contributed by atoms with Crippen LogP contribution in [0.25, 0.3) is 0 Å². The summed E-state index contributed by atoms with van der Waals surface area (Å²) in [6, 6.07) is 6.17. The Bertz CT molecular complexity index is 581. The number of aryl methyl sites for hydroxylation is 1. The van der Waals surface area contributed by atoms with Gasteiger partial charge in [0.1, 0.15) is 5.75 Å². The normalized spacial score (nSPS) is 10.9. The molecule has 6 heteroatoms. The van der Waals surface area contributed by atoms with Gasteiger partial charge in [0.2, 0.25) is 5.89 Å². The second-order valence-electron chi connectivity index (χ2n) is 5.34. The van der Waals surface area contributed by atoms with E-state index < -0.39 is 0 Å². The lowest BCUT2D eigenvalue weighted by Crippen LogP contribution is -2.19. The second kappa shape index (κ2) is 7.08. The van der Waals surface area contributed by atoms with Gasteiger partial charge in [0.05, 0.1) is 13.7 Å². The van der Waals surface area contributed by atoms with E-state index in [1.165, 1.54) is 0 Å². The van der Waals surface area contributed by atoms with Crippen molar-refractivity contribution in [1.82, 2.24) is 15.5 Å². The number of benzene rings is 1. The third-order valence-electron chi connectivity index (χ3n) is 2.94. The Morgan fingerprint density at radius 2 is 2.10 bits per heavy atom. The fraction of sp³-hybridized carbons (Fsp3) is 0.467. The van der Waals surface area contributed by atoms with Crippen LogP contribution in [0.15, 0.2) is 22.6 Å². The van der Waals surface area contributed by atoms with Gasteiger partial charge in [0.15, 0.2) is 0 Å². The summed E-state index contributed by atoms with van der Waals surface area (Å²) in [5.74, 6) is 2.01. The van der Waals surface area contributed by atoms with E-state index in [-0.39, 0.29) is 0 Å². The fourth-order valence-electron chi connectivity index (χ4n) is 1.92. The Labute approximate surface area is 124 Å². The number of hydrogen-bond donors (Lipinski definition) is 2. The summed E-state index contributed by atoms with van der Waals surface area (Å²) in [4.78, 5) is 0. The molecule has 0 saturated heterocycles. The molecule has 2 aromatic rings. The summed E-state index contributed by atoms with van der Waals surface area (Å²) < 4.78 is 10.8. The first-order valence-electron chi connectivity index (χ1n) is 7.03. The van der Waals surface area contributed by atoms with Crippen LogP contribution >= 0.6 is 0 Å². The lowest BCUT2D eigenvalue weighted by atomic mass is 10.2. The van der Waals surface area contributed by atoms with Crippen molar-refractivity contribution in [2.75, 3.05) is 19.0 Å². The third-order valence-corrected chi connectivity index (χ3v) is 2.94. The van der Waals surface area contributed by atoms with Gasteiger partial charge in [-0.1, -0.05) is 18.9 Å². The van der Waals surface area contributed by atoms with Crippen molar-refractivity contribution in [2.24, 2.45) is 5.92 Å². The predicted molar refractivity (Wildman–Crippen MR) is 81.9 cm³/mol. The molecule has 6 nitrogen and oxygen atoms in total. The minimum Gasteiger partial charge on any atom is -0.496 e. The van der Waals surface area contributed by atoms with Gasteiger partial charge >= 0.3 is 6.01 Å². The highest BCUT2D eigenvalue weighted by molar-refractivity contribution is 5.56. The largest absolute Gasteiger partial charge is 0.496 e. The molecule has 0 aliphatic carbocycles. The molecule has 0 saturated carbocycles. The first-order valence-corrected chi connectivity index (χ1v) is 7.03. The van der Waals surface area contributed by atoms with Crippen molar-refractivity contribution in [3.05, 3.63) is 29.7 Å². The third kappa shape index (κ3) is 4.46. The molecular weight excluding hydrogens is 268 g/mol. The number of anilines is 2. The molecule has 2 N–H and O–H groups in total. The van der Waals surface area contributed by atoms with Crippen LogP contribution in [-0.4, -0.2) is 23.9 Å². The highest BCUT2D eigenvalue weighted by Crippen LogP contribution is 2.23. The van der Waals surface area contributed by atoms with Gasteiger partial charge < -0.3 is 19.8 Å². The number of aromatic nitrogens is 2. The van der Waals surface area contributed by atoms with E-state index in [0.29, 0.717) is 24.4 Å². The number of ether oxygens (including phenoxy) is 1. The van der Waals surface area contributed by atoms with Crippen molar-refractivity contribution in [2.45, 2.75) is 27.3 Å². The average Bonchev–Trinajstić information content (AvgIpc) is 2.86. The molecule has 0 bridgehead atoms. The van der Waals surface area contributed by atoms with Crippen molar-refractivity contribution in [3.63, 3.8) is 0 Å². The van der Waals surface area contributed by atoms with E-state index in [2.05, 4.69) is 34.7 Å². The number of methoxy groups -OCH3 is 1. The van der Waals surface area contributed by atoms with Gasteiger partial charge in [-0.3, -0.25) is 0 Å². The smallest absolute Gasteiger partial charge is 0.320 e. The Morgan fingerprint density at radius 3 is 2.76 bits per heavy atom. The van der Waals surface area contributed by atoms with Crippen LogP contribution in [0, 0.1) is 12.8 Å². The van der Waals surface area contributed by atoms with E-state index in [1.54, 1.807) is 7.11 Å². The first-order chi connectivity index (χ1) is 10.1. The number of hydrogen-bond acceptors (Lipinski definition) is 6. The van der Waals surface area contributed by atoms with E-state index >= 15 is 0 Å². The highest BCUT2D eigenvalue weighted by atomic mass is 16.5. The van der Waals surface area contributed by atoms with Crippen LogP contribution in [0.3, 0.4) is 0 Å². The summed E-state index contributed by atoms with van der Waals surface area (Å²) in [7, 11) is 1.66. The Kier molecular flexibility index (Phi) is 5.16. The van der Waals surface area contributed by atoms with Crippen LogP contribution in [0.5, 0.6) is 5.75 Å². The van der Waals surface area contributed by atoms with E-state index in [9.17, 15) is 0 Å². The molecule has 1 heterocycles. The standard InChI is InChI=1S/C15H22N4O2/c1-10(2)8-16-9-14-18-19-15(21-14)17-12-5-6-13(20-4)11(3)7-12/h5-7,10,16H,8-9H2,1-4H3,(H,17,19). The number of rotatable bonds is 7. The maximum absolute atomic E-state index is 5.54. The molecule has 1 aromatic carbocycles. The number of nitrogens with one attached hydrogen (secondary N) is 2. The maximum Gasteiger partial charge on any atom is 0.320 e. The van der Waals surface area contributed by atoms with Gasteiger partial charge in [-0.05, 0) is 43.1 Å². The molecule has 2 rings (SSSR count). The second-order valence-corrected chi connectivity index (χ2v) is 5.34. The predicted octanol–water partition coefficient (Wildman–Crippen LogP) is 2.88. The summed E-state index contributed by atoms with van der Waals surface area (Å²) in [5, 5.41) is 14.3. The summed E-state index contributed by atoms with van der Waals surface area (Å²) in [5.41, 5.74) is 1.93. The highest BCUT2D eigenvalue weighted by Gasteiger charge is 2.07. The lowest BCUT2D eigenvalue weighted by molar-refractivity contribution is 0.412. The van der Waals surface area contributed by atoms with Crippen LogP contribution < -0.4 is 15.4 Å². The molecule has 0 aliphatic rings. The van der Waals surface area contributed by atoms with Crippen LogP contribution in [0.1, 0.15) is 25.3 Å². The summed E-state index contributed by atoms with van der Waals surface area (Å²) >= 11 is 0. The van der Waals surface area contributed by atoms with Crippen molar-refractivity contribution >= 4 is 11.7 Å².